The van der Waals surface area contributed by atoms with Gasteiger partial charge in [0.2, 0.25) is 10.0 Å². The van der Waals surface area contributed by atoms with Crippen molar-refractivity contribution in [3.05, 3.63) is 150 Å². The van der Waals surface area contributed by atoms with Gasteiger partial charge in [-0.1, -0.05) is 42.5 Å². The molecule has 0 amide bonds. The number of fused-ring (bicyclic) bond motifs is 1. The first-order chi connectivity index (χ1) is 24.2. The van der Waals surface area contributed by atoms with Gasteiger partial charge in [0.05, 0.1) is 29.4 Å². The summed E-state index contributed by atoms with van der Waals surface area (Å²) in [7, 11) is -3.82. The molecule has 254 valence electrons. The number of nitrogens with two attached hydrogens (primary N) is 1. The van der Waals surface area contributed by atoms with Crippen molar-refractivity contribution in [2.24, 2.45) is 10.1 Å². The number of benzene rings is 4. The van der Waals surface area contributed by atoms with E-state index in [1.807, 2.05) is 42.5 Å². The highest BCUT2D eigenvalue weighted by molar-refractivity contribution is 7.89. The van der Waals surface area contributed by atoms with E-state index < -0.39 is 15.8 Å². The van der Waals surface area contributed by atoms with Crippen LogP contribution in [0.15, 0.2) is 131 Å². The van der Waals surface area contributed by atoms with Crippen LogP contribution in [0.1, 0.15) is 29.2 Å². The van der Waals surface area contributed by atoms with Crippen LogP contribution in [0.25, 0.3) is 16.9 Å². The number of nitrogens with zero attached hydrogens (tertiary/aromatic N) is 4. The molecule has 2 aromatic heterocycles. The van der Waals surface area contributed by atoms with E-state index in [-0.39, 0.29) is 29.7 Å². The van der Waals surface area contributed by atoms with Crippen LogP contribution in [0.5, 0.6) is 11.5 Å². The summed E-state index contributed by atoms with van der Waals surface area (Å²) in [5.41, 5.74) is 4.46. The predicted octanol–water partition coefficient (Wildman–Crippen LogP) is 6.85. The highest BCUT2D eigenvalue weighted by Gasteiger charge is 2.27. The van der Waals surface area contributed by atoms with Crippen molar-refractivity contribution in [2.75, 3.05) is 13.1 Å². The van der Waals surface area contributed by atoms with E-state index in [0.29, 0.717) is 35.1 Å². The Kier molecular flexibility index (Phi) is 9.29. The number of primary sulfonamides is 1. The number of likely N-dealkylation sites (tertiary alicyclic amines) is 1. The standard InChI is InChI=1S/C38H34F2N6O3S/c39-30-13-11-27(12-14-30)37-35(46-25-31(40)15-18-36(46)44-37)23-43-38(42-22-26-9-16-34(17-10-26)50(41,47)48)45-20-19-29(24-45)28-5-4-8-33(21-28)49-32-6-2-1-3-7-32/h1-18,21,25,29H,19-20,22-24H2,(H,42,43)(H2,41,47,48). The first kappa shape index (κ1) is 32.9. The molecule has 9 nitrogen and oxygen atoms in total. The Bertz CT molecular complexity index is 2260. The largest absolute Gasteiger partial charge is 0.457 e. The van der Waals surface area contributed by atoms with Crippen LogP contribution in [0.3, 0.4) is 0 Å². The van der Waals surface area contributed by atoms with Crippen molar-refractivity contribution >= 4 is 21.6 Å². The number of imidazole rings is 1. The number of guanidine groups is 1. The molecule has 0 aliphatic carbocycles. The number of aromatic nitrogens is 2. The third kappa shape index (κ3) is 7.51. The van der Waals surface area contributed by atoms with Gasteiger partial charge in [-0.2, -0.15) is 0 Å². The van der Waals surface area contributed by atoms with Gasteiger partial charge in [-0.15, -0.1) is 0 Å². The molecule has 6 aromatic rings. The van der Waals surface area contributed by atoms with Crippen LogP contribution >= 0.6 is 0 Å². The Balaban J connectivity index is 1.17. The minimum atomic E-state index is -3.82. The van der Waals surface area contributed by atoms with Crippen LogP contribution in [0, 0.1) is 11.6 Å². The molecule has 1 saturated heterocycles. The van der Waals surface area contributed by atoms with Gasteiger partial charge in [0.1, 0.15) is 28.8 Å². The van der Waals surface area contributed by atoms with Gasteiger partial charge in [0.15, 0.2) is 5.96 Å². The summed E-state index contributed by atoms with van der Waals surface area (Å²) in [6.07, 6.45) is 2.26. The zero-order valence-corrected chi connectivity index (χ0v) is 27.7. The van der Waals surface area contributed by atoms with Crippen molar-refractivity contribution in [1.29, 1.82) is 0 Å². The Hall–Kier alpha value is -5.59. The quantitative estimate of drug-likeness (QED) is 0.127. The smallest absolute Gasteiger partial charge is 0.238 e. The third-order valence-corrected chi connectivity index (χ3v) is 9.60. The molecule has 50 heavy (non-hydrogen) atoms. The Morgan fingerprint density at radius 2 is 1.64 bits per heavy atom. The highest BCUT2D eigenvalue weighted by atomic mass is 32.2. The number of hydrogen-bond acceptors (Lipinski definition) is 5. The second kappa shape index (κ2) is 14.1. The van der Waals surface area contributed by atoms with Crippen LogP contribution in [-0.4, -0.2) is 41.8 Å². The van der Waals surface area contributed by atoms with Crippen molar-refractivity contribution in [2.45, 2.75) is 30.3 Å². The number of sulfonamides is 1. The number of aliphatic imine (C=N–C) groups is 1. The molecule has 7 rings (SSSR count). The van der Waals surface area contributed by atoms with Crippen LogP contribution in [-0.2, 0) is 23.1 Å². The minimum absolute atomic E-state index is 0.0256. The summed E-state index contributed by atoms with van der Waals surface area (Å²) in [5.74, 6) is 1.57. The van der Waals surface area contributed by atoms with Crippen molar-refractivity contribution in [3.63, 3.8) is 0 Å². The molecule has 1 atom stereocenters. The van der Waals surface area contributed by atoms with E-state index in [2.05, 4.69) is 22.3 Å². The normalized spacial score (nSPS) is 15.1. The van der Waals surface area contributed by atoms with E-state index in [1.54, 1.807) is 34.7 Å². The zero-order chi connectivity index (χ0) is 34.7. The van der Waals surface area contributed by atoms with Crippen molar-refractivity contribution in [3.8, 4) is 22.8 Å². The van der Waals surface area contributed by atoms with Crippen molar-refractivity contribution in [1.82, 2.24) is 19.6 Å². The van der Waals surface area contributed by atoms with E-state index in [1.165, 1.54) is 36.5 Å². The lowest BCUT2D eigenvalue weighted by atomic mass is 9.98. The van der Waals surface area contributed by atoms with Gasteiger partial charge < -0.3 is 15.0 Å². The summed E-state index contributed by atoms with van der Waals surface area (Å²) >= 11 is 0. The predicted molar refractivity (Wildman–Crippen MR) is 188 cm³/mol. The van der Waals surface area contributed by atoms with Gasteiger partial charge in [0.25, 0.3) is 0 Å². The maximum Gasteiger partial charge on any atom is 0.238 e. The number of para-hydroxylation sites is 1. The number of pyridine rings is 1. The number of halogens is 2. The molecule has 0 spiro atoms. The zero-order valence-electron chi connectivity index (χ0n) is 26.9. The molecule has 12 heteroatoms. The summed E-state index contributed by atoms with van der Waals surface area (Å²) in [4.78, 5) is 11.9. The lowest BCUT2D eigenvalue weighted by Gasteiger charge is -2.23. The topological polar surface area (TPSA) is 114 Å². The lowest BCUT2D eigenvalue weighted by Crippen LogP contribution is -2.40. The second-order valence-electron chi connectivity index (χ2n) is 12.1. The molecule has 1 unspecified atom stereocenters. The van der Waals surface area contributed by atoms with E-state index in [0.717, 1.165) is 35.6 Å². The Labute approximate surface area is 288 Å². The average Bonchev–Trinajstić information content (AvgIpc) is 3.75. The number of nitrogens with one attached hydrogen (secondary N) is 1. The fourth-order valence-electron chi connectivity index (χ4n) is 6.14. The van der Waals surface area contributed by atoms with Gasteiger partial charge >= 0.3 is 0 Å². The number of hydrogen-bond donors (Lipinski definition) is 2. The number of ether oxygens (including phenoxy) is 1. The molecular weight excluding hydrogens is 659 g/mol. The maximum absolute atomic E-state index is 14.5. The van der Waals surface area contributed by atoms with Gasteiger partial charge in [0, 0.05) is 30.8 Å². The van der Waals surface area contributed by atoms with Crippen LogP contribution < -0.4 is 15.2 Å². The van der Waals surface area contributed by atoms with Crippen LogP contribution in [0.4, 0.5) is 8.78 Å². The first-order valence-corrected chi connectivity index (χ1v) is 17.6. The first-order valence-electron chi connectivity index (χ1n) is 16.1. The monoisotopic (exact) mass is 692 g/mol. The molecule has 0 saturated carbocycles. The number of rotatable bonds is 9. The molecule has 3 N–H and O–H groups in total. The third-order valence-electron chi connectivity index (χ3n) is 8.67. The van der Waals surface area contributed by atoms with Crippen LogP contribution in [0.2, 0.25) is 0 Å². The molecule has 4 aromatic carbocycles. The maximum atomic E-state index is 14.5. The molecule has 1 fully saturated rings. The molecule has 0 radical (unpaired) electrons. The summed E-state index contributed by atoms with van der Waals surface area (Å²) in [6.45, 7) is 1.90. The molecular formula is C38H34F2N6O3S. The Morgan fingerprint density at radius 3 is 2.40 bits per heavy atom. The minimum Gasteiger partial charge on any atom is -0.457 e. The average molecular weight is 693 g/mol. The van der Waals surface area contributed by atoms with Gasteiger partial charge in [-0.3, -0.25) is 4.40 Å². The Morgan fingerprint density at radius 1 is 0.900 bits per heavy atom. The van der Waals surface area contributed by atoms with E-state index in [9.17, 15) is 17.2 Å². The van der Waals surface area contributed by atoms with E-state index in [4.69, 9.17) is 19.9 Å². The summed E-state index contributed by atoms with van der Waals surface area (Å²) in [5, 5.41) is 8.79. The summed E-state index contributed by atoms with van der Waals surface area (Å²) in [6, 6.07) is 33.1. The fraction of sp³-hybridized carbons (Fsp3) is 0.158. The molecule has 3 heterocycles. The molecule has 0 bridgehead atoms. The van der Waals surface area contributed by atoms with Gasteiger partial charge in [-0.25, -0.2) is 32.3 Å². The molecule has 1 aliphatic rings. The van der Waals surface area contributed by atoms with E-state index >= 15 is 0 Å². The lowest BCUT2D eigenvalue weighted by molar-refractivity contribution is 0.476. The molecule has 1 aliphatic heterocycles. The highest BCUT2D eigenvalue weighted by Crippen LogP contribution is 2.32. The van der Waals surface area contributed by atoms with Gasteiger partial charge in [-0.05, 0) is 90.3 Å². The SMILES string of the molecule is NS(=O)(=O)c1ccc(CN=C(NCc2c(-c3ccc(F)cc3)nc3ccc(F)cn23)N2CCC(c3cccc(Oc4ccccc4)c3)C2)cc1. The van der Waals surface area contributed by atoms with Crippen molar-refractivity contribution < 1.29 is 21.9 Å². The second-order valence-corrected chi connectivity index (χ2v) is 13.7. The fourth-order valence-corrected chi connectivity index (χ4v) is 6.65. The summed E-state index contributed by atoms with van der Waals surface area (Å²) < 4.78 is 59.6.